The van der Waals surface area contributed by atoms with Crippen molar-refractivity contribution < 1.29 is 80.2 Å². The molecule has 0 aliphatic carbocycles. The van der Waals surface area contributed by atoms with Gasteiger partial charge in [0.25, 0.3) is 0 Å². The van der Waals surface area contributed by atoms with Gasteiger partial charge in [-0.1, -0.05) is 324 Å². The van der Waals surface area contributed by atoms with Crippen molar-refractivity contribution in [3.8, 4) is 0 Å². The molecule has 0 rings (SSSR count). The van der Waals surface area contributed by atoms with Crippen LogP contribution in [0.4, 0.5) is 0 Å². The Hall–Kier alpha value is -1.94. The first kappa shape index (κ1) is 89.1. The molecule has 91 heavy (non-hydrogen) atoms. The molecule has 0 amide bonds. The Morgan fingerprint density at radius 2 is 0.505 bits per heavy atom. The Balaban J connectivity index is 5.22. The van der Waals surface area contributed by atoms with E-state index in [4.69, 9.17) is 37.0 Å². The minimum atomic E-state index is -4.95. The predicted molar refractivity (Wildman–Crippen MR) is 368 cm³/mol. The summed E-state index contributed by atoms with van der Waals surface area (Å²) in [6.45, 7) is 7.25. The zero-order valence-corrected chi connectivity index (χ0v) is 60.8. The summed E-state index contributed by atoms with van der Waals surface area (Å²) in [6, 6.07) is 0. The van der Waals surface area contributed by atoms with Crippen LogP contribution in [0.25, 0.3) is 0 Å². The van der Waals surface area contributed by atoms with Crippen LogP contribution in [-0.2, 0) is 65.4 Å². The Labute approximate surface area is 556 Å². The highest BCUT2D eigenvalue weighted by molar-refractivity contribution is 7.47. The number of hydrogen-bond donors (Lipinski definition) is 3. The van der Waals surface area contributed by atoms with Crippen molar-refractivity contribution in [2.24, 2.45) is 5.92 Å². The van der Waals surface area contributed by atoms with Crippen LogP contribution >= 0.6 is 15.6 Å². The largest absolute Gasteiger partial charge is 0.472 e. The Bertz CT molecular complexity index is 1750. The number of aliphatic hydroxyl groups is 1. The zero-order chi connectivity index (χ0) is 67.0. The first-order chi connectivity index (χ1) is 44.0. The number of hydrogen-bond acceptors (Lipinski definition) is 15. The van der Waals surface area contributed by atoms with Crippen LogP contribution in [0.5, 0.6) is 0 Å². The average molecular weight is 1340 g/mol. The van der Waals surface area contributed by atoms with Crippen LogP contribution < -0.4 is 0 Å². The molecule has 0 aromatic rings. The van der Waals surface area contributed by atoms with E-state index in [1.807, 2.05) is 0 Å². The molecule has 17 nitrogen and oxygen atoms in total. The van der Waals surface area contributed by atoms with Gasteiger partial charge < -0.3 is 33.8 Å². The summed E-state index contributed by atoms with van der Waals surface area (Å²) in [5.41, 5.74) is 0. The lowest BCUT2D eigenvalue weighted by Gasteiger charge is -2.21. The summed E-state index contributed by atoms with van der Waals surface area (Å²) in [5, 5.41) is 10.6. The smallest absolute Gasteiger partial charge is 0.462 e. The van der Waals surface area contributed by atoms with Gasteiger partial charge >= 0.3 is 39.5 Å². The molecular weight excluding hydrogens is 1200 g/mol. The van der Waals surface area contributed by atoms with E-state index in [0.717, 1.165) is 102 Å². The minimum Gasteiger partial charge on any atom is -0.462 e. The summed E-state index contributed by atoms with van der Waals surface area (Å²) in [7, 11) is -9.90. The molecule has 0 fully saturated rings. The summed E-state index contributed by atoms with van der Waals surface area (Å²) in [6.07, 6.45) is 52.6. The number of phosphoric ester groups is 2. The number of rotatable bonds is 72. The molecule has 540 valence electrons. The summed E-state index contributed by atoms with van der Waals surface area (Å²) in [5.74, 6) is -1.35. The minimum absolute atomic E-state index is 0.108. The lowest BCUT2D eigenvalue weighted by molar-refractivity contribution is -0.161. The van der Waals surface area contributed by atoms with E-state index in [1.54, 1.807) is 0 Å². The predicted octanol–water partition coefficient (Wildman–Crippen LogP) is 20.9. The van der Waals surface area contributed by atoms with Gasteiger partial charge in [0.2, 0.25) is 0 Å². The first-order valence-corrected chi connectivity index (χ1v) is 40.6. The second-order valence-electron chi connectivity index (χ2n) is 26.5. The molecule has 0 saturated heterocycles. The molecular formula is C72H140O17P2. The van der Waals surface area contributed by atoms with Crippen molar-refractivity contribution in [2.75, 3.05) is 39.6 Å². The van der Waals surface area contributed by atoms with Crippen LogP contribution in [0.3, 0.4) is 0 Å². The SMILES string of the molecule is CCCCCCCCCCCCCCCCCC(=O)O[C@H](COC(=O)CCCCCCCCCCCCCC(C)C)COP(=O)(O)OC[C@@H](O)COP(=O)(O)OC[C@@H](COC(=O)CCCCCCCCCC)OC(=O)CCCCCCCCCCCCCCCC. The van der Waals surface area contributed by atoms with Gasteiger partial charge in [-0.3, -0.25) is 37.3 Å². The molecule has 0 heterocycles. The lowest BCUT2D eigenvalue weighted by Crippen LogP contribution is -2.30. The van der Waals surface area contributed by atoms with Crippen molar-refractivity contribution in [2.45, 2.75) is 393 Å². The quantitative estimate of drug-likeness (QED) is 0.0222. The molecule has 0 radical (unpaired) electrons. The van der Waals surface area contributed by atoms with Gasteiger partial charge in [0.1, 0.15) is 19.3 Å². The topological polar surface area (TPSA) is 237 Å². The number of unbranched alkanes of at least 4 members (excludes halogenated alkanes) is 44. The van der Waals surface area contributed by atoms with E-state index in [0.29, 0.717) is 25.7 Å². The van der Waals surface area contributed by atoms with Crippen LogP contribution in [0.2, 0.25) is 0 Å². The molecule has 0 aromatic carbocycles. The average Bonchev–Trinajstić information content (AvgIpc) is 3.66. The first-order valence-electron chi connectivity index (χ1n) is 37.6. The second kappa shape index (κ2) is 65.4. The van der Waals surface area contributed by atoms with E-state index in [1.165, 1.54) is 193 Å². The van der Waals surface area contributed by atoms with E-state index >= 15 is 0 Å². The van der Waals surface area contributed by atoms with Crippen molar-refractivity contribution in [1.29, 1.82) is 0 Å². The van der Waals surface area contributed by atoms with Crippen LogP contribution in [0.1, 0.15) is 375 Å². The molecule has 0 aromatic heterocycles. The summed E-state index contributed by atoms with van der Waals surface area (Å²) < 4.78 is 68.3. The molecule has 19 heteroatoms. The molecule has 0 spiro atoms. The molecule has 3 N–H and O–H groups in total. The third-order valence-corrected chi connectivity index (χ3v) is 18.7. The third-order valence-electron chi connectivity index (χ3n) is 16.8. The maximum Gasteiger partial charge on any atom is 0.472 e. The van der Waals surface area contributed by atoms with Crippen molar-refractivity contribution in [3.63, 3.8) is 0 Å². The van der Waals surface area contributed by atoms with Gasteiger partial charge in [-0.15, -0.1) is 0 Å². The molecule has 0 saturated carbocycles. The van der Waals surface area contributed by atoms with Gasteiger partial charge in [0, 0.05) is 25.7 Å². The van der Waals surface area contributed by atoms with Crippen LogP contribution in [0.15, 0.2) is 0 Å². The number of aliphatic hydroxyl groups excluding tert-OH is 1. The van der Waals surface area contributed by atoms with Crippen molar-refractivity contribution in [1.82, 2.24) is 0 Å². The Morgan fingerprint density at radius 1 is 0.297 bits per heavy atom. The highest BCUT2D eigenvalue weighted by Gasteiger charge is 2.30. The fourth-order valence-electron chi connectivity index (χ4n) is 11.0. The molecule has 0 aliphatic heterocycles. The van der Waals surface area contributed by atoms with E-state index in [-0.39, 0.29) is 25.7 Å². The van der Waals surface area contributed by atoms with Gasteiger partial charge in [-0.25, -0.2) is 9.13 Å². The van der Waals surface area contributed by atoms with Crippen LogP contribution in [0, 0.1) is 5.92 Å². The van der Waals surface area contributed by atoms with Gasteiger partial charge in [0.15, 0.2) is 12.2 Å². The van der Waals surface area contributed by atoms with Gasteiger partial charge in [-0.05, 0) is 31.6 Å². The summed E-state index contributed by atoms with van der Waals surface area (Å²) in [4.78, 5) is 72.6. The van der Waals surface area contributed by atoms with Crippen molar-refractivity contribution in [3.05, 3.63) is 0 Å². The van der Waals surface area contributed by atoms with E-state index in [2.05, 4.69) is 34.6 Å². The van der Waals surface area contributed by atoms with Gasteiger partial charge in [-0.2, -0.15) is 0 Å². The fourth-order valence-corrected chi connectivity index (χ4v) is 12.6. The van der Waals surface area contributed by atoms with Gasteiger partial charge in [0.05, 0.1) is 26.4 Å². The highest BCUT2D eigenvalue weighted by Crippen LogP contribution is 2.45. The number of carbonyl (C=O) groups is 4. The molecule has 0 bridgehead atoms. The van der Waals surface area contributed by atoms with E-state index in [9.17, 15) is 43.2 Å². The number of esters is 4. The standard InChI is InChI=1S/C72H140O17P2/c1-6-9-12-15-18-21-23-25-27-29-33-38-43-48-53-58-72(77)89-68(62-83-70(75)56-51-46-41-36-34-30-31-35-39-44-49-54-65(4)5)64-87-91(80,81)85-60-66(73)59-84-90(78,79)86-63-67(61-82-69(74)55-50-45-40-20-17-14-11-8-3)88-71(76)57-52-47-42-37-32-28-26-24-22-19-16-13-10-7-2/h65-68,73H,6-64H2,1-5H3,(H,78,79)(H,80,81)/t66-,67+,68+/m0/s1. The van der Waals surface area contributed by atoms with E-state index < -0.39 is 97.5 Å². The molecule has 5 atom stereocenters. The molecule has 0 aliphatic rings. The number of ether oxygens (including phenoxy) is 4. The Morgan fingerprint density at radius 3 is 0.747 bits per heavy atom. The monoisotopic (exact) mass is 1340 g/mol. The summed E-state index contributed by atoms with van der Waals surface area (Å²) >= 11 is 0. The number of carbonyl (C=O) groups excluding carboxylic acids is 4. The zero-order valence-electron chi connectivity index (χ0n) is 59.0. The highest BCUT2D eigenvalue weighted by atomic mass is 31.2. The maximum absolute atomic E-state index is 13.0. The Kier molecular flexibility index (Phi) is 64.0. The molecule has 2 unspecified atom stereocenters. The van der Waals surface area contributed by atoms with Crippen LogP contribution in [-0.4, -0.2) is 96.7 Å². The maximum atomic E-state index is 13.0. The second-order valence-corrected chi connectivity index (χ2v) is 29.4. The number of phosphoric acid groups is 2. The normalized spacial score (nSPS) is 14.0. The fraction of sp³-hybridized carbons (Fsp3) is 0.944. The lowest BCUT2D eigenvalue weighted by atomic mass is 10.0. The van der Waals surface area contributed by atoms with Crippen molar-refractivity contribution >= 4 is 39.5 Å². The third kappa shape index (κ3) is 66.5.